The van der Waals surface area contributed by atoms with Crippen molar-refractivity contribution in [3.63, 3.8) is 0 Å². The van der Waals surface area contributed by atoms with Gasteiger partial charge in [0, 0.05) is 41.2 Å². The first-order valence-electron chi connectivity index (χ1n) is 9.83. The van der Waals surface area contributed by atoms with E-state index in [9.17, 15) is 9.59 Å². The summed E-state index contributed by atoms with van der Waals surface area (Å²) in [6.45, 7) is 2.99. The van der Waals surface area contributed by atoms with Gasteiger partial charge in [0.2, 0.25) is 5.91 Å². The monoisotopic (exact) mass is 467 g/mol. The van der Waals surface area contributed by atoms with Gasteiger partial charge in [0.05, 0.1) is 11.6 Å². The van der Waals surface area contributed by atoms with Crippen LogP contribution in [0.2, 0.25) is 0 Å². The van der Waals surface area contributed by atoms with E-state index >= 15 is 0 Å². The second-order valence-corrected chi connectivity index (χ2v) is 8.31. The fraction of sp³-hybridized carbons (Fsp3) is 0.273. The normalized spacial score (nSPS) is 16.3. The number of aromatic nitrogens is 3. The molecular weight excluding hydrogens is 446 g/mol. The number of carbonyl (C=O) groups is 2. The number of benzene rings is 1. The fourth-order valence-electron chi connectivity index (χ4n) is 3.61. The second-order valence-electron chi connectivity index (χ2n) is 7.45. The van der Waals surface area contributed by atoms with Crippen LogP contribution in [0.15, 0.2) is 53.3 Å². The van der Waals surface area contributed by atoms with Crippen LogP contribution in [0.3, 0.4) is 0 Å². The number of nitrogens with zero attached hydrogens (tertiary/aromatic N) is 3. The molecule has 0 spiro atoms. The van der Waals surface area contributed by atoms with Crippen LogP contribution in [0.4, 0.5) is 5.69 Å². The Morgan fingerprint density at radius 1 is 1.27 bits per heavy atom. The highest BCUT2D eigenvalue weighted by molar-refractivity contribution is 9.10. The summed E-state index contributed by atoms with van der Waals surface area (Å²) in [5, 5.41) is 10.0. The molecule has 0 bridgehead atoms. The molecule has 8 heteroatoms. The van der Waals surface area contributed by atoms with Crippen molar-refractivity contribution in [1.82, 2.24) is 20.1 Å². The largest absolute Gasteiger partial charge is 0.337 e. The Kier molecular flexibility index (Phi) is 5.94. The molecule has 30 heavy (non-hydrogen) atoms. The molecule has 1 aliphatic heterocycles. The molecule has 1 atom stereocenters. The van der Waals surface area contributed by atoms with Gasteiger partial charge in [-0.25, -0.2) is 0 Å². The van der Waals surface area contributed by atoms with E-state index in [-0.39, 0.29) is 17.7 Å². The zero-order valence-corrected chi connectivity index (χ0v) is 18.1. The molecule has 1 aromatic carbocycles. The molecule has 0 aliphatic carbocycles. The number of rotatable bonds is 4. The summed E-state index contributed by atoms with van der Waals surface area (Å²) < 4.78 is 1.00. The minimum absolute atomic E-state index is 0.0603. The summed E-state index contributed by atoms with van der Waals surface area (Å²) in [6.07, 6.45) is 4.94. The number of piperidine rings is 1. The Hall–Kier alpha value is -3.00. The van der Waals surface area contributed by atoms with Gasteiger partial charge in [0.1, 0.15) is 5.69 Å². The van der Waals surface area contributed by atoms with Gasteiger partial charge in [-0.1, -0.05) is 15.9 Å². The first-order chi connectivity index (χ1) is 14.5. The van der Waals surface area contributed by atoms with E-state index in [2.05, 4.69) is 36.4 Å². The molecule has 7 nitrogen and oxygen atoms in total. The van der Waals surface area contributed by atoms with Crippen molar-refractivity contribution >= 4 is 33.4 Å². The molecule has 1 fully saturated rings. The van der Waals surface area contributed by atoms with E-state index in [0.717, 1.165) is 34.1 Å². The SMILES string of the molecule is Cc1cc(NC(=O)[C@H]2CCCN(C(=O)c3cc(-c4cccnc4)n[nH]3)C2)ccc1Br. The predicted octanol–water partition coefficient (Wildman–Crippen LogP) is 4.03. The topological polar surface area (TPSA) is 91.0 Å². The van der Waals surface area contributed by atoms with Crippen LogP contribution < -0.4 is 5.32 Å². The smallest absolute Gasteiger partial charge is 0.271 e. The minimum Gasteiger partial charge on any atom is -0.337 e. The molecule has 3 aromatic rings. The van der Waals surface area contributed by atoms with Gasteiger partial charge in [-0.15, -0.1) is 0 Å². The van der Waals surface area contributed by atoms with Gasteiger partial charge in [-0.2, -0.15) is 5.10 Å². The van der Waals surface area contributed by atoms with Crippen molar-refractivity contribution in [3.8, 4) is 11.3 Å². The van der Waals surface area contributed by atoms with E-state index in [0.29, 0.717) is 24.5 Å². The van der Waals surface area contributed by atoms with Crippen LogP contribution in [-0.4, -0.2) is 45.0 Å². The molecule has 1 saturated heterocycles. The number of aryl methyl sites for hydroxylation is 1. The quantitative estimate of drug-likeness (QED) is 0.605. The van der Waals surface area contributed by atoms with Crippen LogP contribution in [-0.2, 0) is 4.79 Å². The highest BCUT2D eigenvalue weighted by Crippen LogP contribution is 2.24. The molecule has 0 saturated carbocycles. The van der Waals surface area contributed by atoms with Crippen LogP contribution in [0.25, 0.3) is 11.3 Å². The molecule has 154 valence electrons. The number of halogens is 1. The van der Waals surface area contributed by atoms with Crippen LogP contribution in [0.1, 0.15) is 28.9 Å². The van der Waals surface area contributed by atoms with Crippen molar-refractivity contribution < 1.29 is 9.59 Å². The number of likely N-dealkylation sites (tertiary alicyclic amines) is 1. The Bertz CT molecular complexity index is 1070. The number of hydrogen-bond donors (Lipinski definition) is 2. The van der Waals surface area contributed by atoms with E-state index < -0.39 is 0 Å². The lowest BCUT2D eigenvalue weighted by atomic mass is 9.96. The Morgan fingerprint density at radius 2 is 2.13 bits per heavy atom. The highest BCUT2D eigenvalue weighted by atomic mass is 79.9. The van der Waals surface area contributed by atoms with Crippen LogP contribution >= 0.6 is 15.9 Å². The summed E-state index contributed by atoms with van der Waals surface area (Å²) in [7, 11) is 0. The third-order valence-corrected chi connectivity index (χ3v) is 6.16. The average molecular weight is 468 g/mol. The molecule has 1 aliphatic rings. The third kappa shape index (κ3) is 4.43. The first-order valence-corrected chi connectivity index (χ1v) is 10.6. The van der Waals surface area contributed by atoms with Crippen LogP contribution in [0.5, 0.6) is 0 Å². The maximum atomic E-state index is 13.0. The second kappa shape index (κ2) is 8.79. The lowest BCUT2D eigenvalue weighted by molar-refractivity contribution is -0.121. The van der Waals surface area contributed by atoms with Gasteiger partial charge in [-0.05, 0) is 61.7 Å². The van der Waals surface area contributed by atoms with E-state index in [1.807, 2.05) is 37.3 Å². The molecule has 2 amide bonds. The van der Waals surface area contributed by atoms with Crippen molar-refractivity contribution in [2.24, 2.45) is 5.92 Å². The van der Waals surface area contributed by atoms with Gasteiger partial charge in [0.15, 0.2) is 0 Å². The van der Waals surface area contributed by atoms with E-state index in [1.54, 1.807) is 23.4 Å². The lowest BCUT2D eigenvalue weighted by Gasteiger charge is -2.31. The Balaban J connectivity index is 1.42. The van der Waals surface area contributed by atoms with Crippen LogP contribution in [0, 0.1) is 12.8 Å². The fourth-order valence-corrected chi connectivity index (χ4v) is 3.85. The summed E-state index contributed by atoms with van der Waals surface area (Å²) >= 11 is 3.47. The zero-order chi connectivity index (χ0) is 21.1. The standard InChI is InChI=1S/C22H22BrN5O2/c1-14-10-17(6-7-18(14)23)25-21(29)16-5-3-9-28(13-16)22(30)20-11-19(26-27-20)15-4-2-8-24-12-15/h2,4,6-8,10-12,16H,3,5,9,13H2,1H3,(H,25,29)(H,26,27)/t16-/m0/s1. The molecular formula is C22H22BrN5O2. The molecule has 0 unspecified atom stereocenters. The van der Waals surface area contributed by atoms with Gasteiger partial charge in [0.25, 0.3) is 5.91 Å². The Labute approximate surface area is 183 Å². The zero-order valence-electron chi connectivity index (χ0n) is 16.6. The number of H-pyrrole nitrogens is 1. The highest BCUT2D eigenvalue weighted by Gasteiger charge is 2.30. The summed E-state index contributed by atoms with van der Waals surface area (Å²) in [6, 6.07) is 11.2. The minimum atomic E-state index is -0.243. The number of anilines is 1. The number of carbonyl (C=O) groups excluding carboxylic acids is 2. The van der Waals surface area contributed by atoms with Crippen molar-refractivity contribution in [2.75, 3.05) is 18.4 Å². The lowest BCUT2D eigenvalue weighted by Crippen LogP contribution is -2.43. The summed E-state index contributed by atoms with van der Waals surface area (Å²) in [5.74, 6) is -0.447. The number of pyridine rings is 1. The molecule has 0 radical (unpaired) electrons. The first kappa shape index (κ1) is 20.3. The number of aromatic amines is 1. The maximum Gasteiger partial charge on any atom is 0.271 e. The average Bonchev–Trinajstić information content (AvgIpc) is 3.27. The maximum absolute atomic E-state index is 13.0. The van der Waals surface area contributed by atoms with Gasteiger partial charge in [-0.3, -0.25) is 19.7 Å². The molecule has 2 N–H and O–H groups in total. The number of nitrogens with one attached hydrogen (secondary N) is 2. The predicted molar refractivity (Wildman–Crippen MR) is 118 cm³/mol. The van der Waals surface area contributed by atoms with Crippen molar-refractivity contribution in [1.29, 1.82) is 0 Å². The van der Waals surface area contributed by atoms with Gasteiger partial charge < -0.3 is 10.2 Å². The summed E-state index contributed by atoms with van der Waals surface area (Å²) in [4.78, 5) is 31.5. The van der Waals surface area contributed by atoms with E-state index in [1.165, 1.54) is 0 Å². The molecule has 3 heterocycles. The third-order valence-electron chi connectivity index (χ3n) is 5.27. The van der Waals surface area contributed by atoms with Crippen molar-refractivity contribution in [3.05, 3.63) is 64.5 Å². The Morgan fingerprint density at radius 3 is 2.90 bits per heavy atom. The molecule has 2 aromatic heterocycles. The van der Waals surface area contributed by atoms with Gasteiger partial charge >= 0.3 is 0 Å². The number of amides is 2. The van der Waals surface area contributed by atoms with Crippen molar-refractivity contribution in [2.45, 2.75) is 19.8 Å². The van der Waals surface area contributed by atoms with E-state index in [4.69, 9.17) is 0 Å². The summed E-state index contributed by atoms with van der Waals surface area (Å²) in [5.41, 5.74) is 3.74. The molecule has 4 rings (SSSR count). The number of hydrogen-bond acceptors (Lipinski definition) is 4.